The Bertz CT molecular complexity index is 630. The predicted octanol–water partition coefficient (Wildman–Crippen LogP) is 0.116. The van der Waals surface area contributed by atoms with E-state index in [1.165, 1.54) is 12.3 Å². The van der Waals surface area contributed by atoms with Crippen molar-refractivity contribution < 1.29 is 4.74 Å². The van der Waals surface area contributed by atoms with Gasteiger partial charge in [-0.15, -0.1) is 0 Å². The maximum atomic E-state index is 11.3. The smallest absolute Gasteiger partial charge is 0.348 e. The van der Waals surface area contributed by atoms with E-state index < -0.39 is 11.2 Å². The highest BCUT2D eigenvalue weighted by atomic mass is 16.5. The summed E-state index contributed by atoms with van der Waals surface area (Å²) in [5.41, 5.74) is 5.19. The third kappa shape index (κ3) is 2.70. The van der Waals surface area contributed by atoms with Gasteiger partial charge in [-0.25, -0.2) is 10.3 Å². The topological polar surface area (TPSA) is 88.2 Å². The summed E-state index contributed by atoms with van der Waals surface area (Å²) in [4.78, 5) is 24.3. The fourth-order valence-electron chi connectivity index (χ4n) is 1.30. The molecule has 2 aromatic rings. The molecule has 7 heteroatoms. The van der Waals surface area contributed by atoms with Crippen LogP contribution in [0.2, 0.25) is 0 Å². The molecule has 7 nitrogen and oxygen atoms in total. The number of rotatable bonds is 4. The van der Waals surface area contributed by atoms with E-state index in [4.69, 9.17) is 4.74 Å². The average Bonchev–Trinajstić information content (AvgIpc) is 2.38. The minimum Gasteiger partial charge on any atom is -0.497 e. The molecule has 18 heavy (non-hydrogen) atoms. The Morgan fingerprint density at radius 1 is 1.17 bits per heavy atom. The molecule has 0 aliphatic carbocycles. The maximum Gasteiger partial charge on any atom is 0.348 e. The average molecular weight is 248 g/mol. The van der Waals surface area contributed by atoms with Crippen molar-refractivity contribution in [2.24, 2.45) is 0 Å². The molecule has 0 saturated heterocycles. The van der Waals surface area contributed by atoms with Crippen LogP contribution < -0.4 is 26.9 Å². The van der Waals surface area contributed by atoms with Crippen molar-refractivity contribution in [1.29, 1.82) is 0 Å². The van der Waals surface area contributed by atoms with E-state index in [9.17, 15) is 9.59 Å². The largest absolute Gasteiger partial charge is 0.497 e. The number of nitrogens with zero attached hydrogens (tertiary/aromatic N) is 1. The number of hydrazine groups is 1. The molecule has 0 aliphatic heterocycles. The molecular weight excluding hydrogens is 236 g/mol. The number of ether oxygens (including phenoxy) is 1. The first-order valence-corrected chi connectivity index (χ1v) is 5.17. The van der Waals surface area contributed by atoms with Crippen LogP contribution in [0.15, 0.2) is 46.1 Å². The SMILES string of the molecule is COc1ccc(NNn2ccc(=O)[nH]c2=O)cc1. The Hall–Kier alpha value is -2.70. The van der Waals surface area contributed by atoms with Crippen LogP contribution in [0.4, 0.5) is 5.69 Å². The number of methoxy groups -OCH3 is 1. The number of hydrogen-bond donors (Lipinski definition) is 3. The zero-order valence-electron chi connectivity index (χ0n) is 9.64. The third-order valence-corrected chi connectivity index (χ3v) is 2.23. The monoisotopic (exact) mass is 248 g/mol. The van der Waals surface area contributed by atoms with Gasteiger partial charge in [-0.3, -0.25) is 15.2 Å². The highest BCUT2D eigenvalue weighted by Gasteiger charge is 1.96. The number of nitrogens with one attached hydrogen (secondary N) is 3. The molecule has 0 bridgehead atoms. The first-order valence-electron chi connectivity index (χ1n) is 5.17. The van der Waals surface area contributed by atoms with Crippen LogP contribution in [0.25, 0.3) is 0 Å². The first kappa shape index (κ1) is 11.8. The van der Waals surface area contributed by atoms with Gasteiger partial charge in [0.2, 0.25) is 0 Å². The molecule has 1 aromatic heterocycles. The van der Waals surface area contributed by atoms with Crippen molar-refractivity contribution in [2.45, 2.75) is 0 Å². The normalized spacial score (nSPS) is 9.83. The van der Waals surface area contributed by atoms with Crippen molar-refractivity contribution in [3.63, 3.8) is 0 Å². The van der Waals surface area contributed by atoms with Gasteiger partial charge in [0.05, 0.1) is 12.8 Å². The van der Waals surface area contributed by atoms with Crippen molar-refractivity contribution in [2.75, 3.05) is 18.1 Å². The van der Waals surface area contributed by atoms with Gasteiger partial charge in [0.25, 0.3) is 5.56 Å². The molecule has 0 amide bonds. The van der Waals surface area contributed by atoms with E-state index in [1.807, 2.05) is 0 Å². The fourth-order valence-corrected chi connectivity index (χ4v) is 1.30. The molecule has 0 spiro atoms. The van der Waals surface area contributed by atoms with Crippen LogP contribution in [0, 0.1) is 0 Å². The maximum absolute atomic E-state index is 11.3. The summed E-state index contributed by atoms with van der Waals surface area (Å²) in [5.74, 6) is 0.738. The Morgan fingerprint density at radius 2 is 1.89 bits per heavy atom. The second kappa shape index (κ2) is 5.09. The summed E-state index contributed by atoms with van der Waals surface area (Å²) in [6, 6.07) is 8.36. The zero-order chi connectivity index (χ0) is 13.0. The highest BCUT2D eigenvalue weighted by molar-refractivity contribution is 5.46. The van der Waals surface area contributed by atoms with Crippen LogP contribution in [-0.4, -0.2) is 16.8 Å². The molecule has 2 rings (SSSR count). The van der Waals surface area contributed by atoms with Gasteiger partial charge in [-0.05, 0) is 24.3 Å². The Balaban J connectivity index is 2.06. The van der Waals surface area contributed by atoms with Gasteiger partial charge in [0.1, 0.15) is 5.75 Å². The van der Waals surface area contributed by atoms with Crippen molar-refractivity contribution in [3.05, 3.63) is 57.4 Å². The minimum absolute atomic E-state index is 0.442. The number of aromatic nitrogens is 2. The molecule has 3 N–H and O–H groups in total. The molecule has 0 atom stereocenters. The number of aromatic amines is 1. The fraction of sp³-hybridized carbons (Fsp3) is 0.0909. The molecule has 94 valence electrons. The lowest BCUT2D eigenvalue weighted by atomic mass is 10.3. The molecule has 1 aromatic carbocycles. The predicted molar refractivity (Wildman–Crippen MR) is 67.3 cm³/mol. The molecular formula is C11H12N4O3. The van der Waals surface area contributed by atoms with E-state index in [1.54, 1.807) is 31.4 Å². The summed E-state index contributed by atoms with van der Waals surface area (Å²) in [6.45, 7) is 0. The summed E-state index contributed by atoms with van der Waals surface area (Å²) < 4.78 is 6.14. The van der Waals surface area contributed by atoms with Crippen LogP contribution in [0.5, 0.6) is 5.75 Å². The van der Waals surface area contributed by atoms with Crippen molar-refractivity contribution >= 4 is 5.69 Å². The van der Waals surface area contributed by atoms with Gasteiger partial charge in [-0.2, -0.15) is 4.68 Å². The first-order chi connectivity index (χ1) is 8.69. The van der Waals surface area contributed by atoms with Crippen molar-refractivity contribution in [1.82, 2.24) is 9.66 Å². The summed E-state index contributed by atoms with van der Waals surface area (Å²) in [5, 5.41) is 0. The molecule has 0 fully saturated rings. The second-order valence-corrected chi connectivity index (χ2v) is 3.45. The zero-order valence-corrected chi connectivity index (χ0v) is 9.64. The van der Waals surface area contributed by atoms with E-state index in [-0.39, 0.29) is 0 Å². The quantitative estimate of drug-likeness (QED) is 0.669. The lowest BCUT2D eigenvalue weighted by molar-refractivity contribution is 0.415. The second-order valence-electron chi connectivity index (χ2n) is 3.45. The Morgan fingerprint density at radius 3 is 2.50 bits per heavy atom. The molecule has 0 aliphatic rings. The third-order valence-electron chi connectivity index (χ3n) is 2.23. The summed E-state index contributed by atoms with van der Waals surface area (Å²) >= 11 is 0. The van der Waals surface area contributed by atoms with Crippen LogP contribution >= 0.6 is 0 Å². The van der Waals surface area contributed by atoms with E-state index in [0.29, 0.717) is 0 Å². The number of anilines is 1. The van der Waals surface area contributed by atoms with Gasteiger partial charge in [0, 0.05) is 12.3 Å². The number of H-pyrrole nitrogens is 1. The lowest BCUT2D eigenvalue weighted by Gasteiger charge is -2.11. The summed E-state index contributed by atoms with van der Waals surface area (Å²) in [6.07, 6.45) is 1.33. The van der Waals surface area contributed by atoms with Gasteiger partial charge in [-0.1, -0.05) is 0 Å². The minimum atomic E-state index is -0.552. The van der Waals surface area contributed by atoms with Crippen LogP contribution in [-0.2, 0) is 0 Å². The Labute approximate surface area is 102 Å². The highest BCUT2D eigenvalue weighted by Crippen LogP contribution is 2.13. The number of hydrogen-bond acceptors (Lipinski definition) is 5. The van der Waals surface area contributed by atoms with E-state index in [0.717, 1.165) is 16.1 Å². The van der Waals surface area contributed by atoms with Gasteiger partial charge < -0.3 is 4.74 Å². The standard InChI is InChI=1S/C11H12N4O3/c1-18-9-4-2-8(3-5-9)13-14-15-7-6-10(16)12-11(15)17/h2-7,13-14H,1H3,(H,12,16,17). The van der Waals surface area contributed by atoms with E-state index >= 15 is 0 Å². The lowest BCUT2D eigenvalue weighted by Crippen LogP contribution is -2.36. The summed E-state index contributed by atoms with van der Waals surface area (Å²) in [7, 11) is 1.58. The van der Waals surface area contributed by atoms with Crippen molar-refractivity contribution in [3.8, 4) is 5.75 Å². The molecule has 0 saturated carbocycles. The molecule has 0 radical (unpaired) electrons. The molecule has 0 unspecified atom stereocenters. The van der Waals surface area contributed by atoms with E-state index in [2.05, 4.69) is 15.9 Å². The van der Waals surface area contributed by atoms with Gasteiger partial charge >= 0.3 is 5.69 Å². The molecule has 1 heterocycles. The van der Waals surface area contributed by atoms with Crippen LogP contribution in [0.1, 0.15) is 0 Å². The Kier molecular flexibility index (Phi) is 3.33. The van der Waals surface area contributed by atoms with Gasteiger partial charge in [0.15, 0.2) is 0 Å². The van der Waals surface area contributed by atoms with Crippen LogP contribution in [0.3, 0.4) is 0 Å². The number of benzene rings is 1.